The summed E-state index contributed by atoms with van der Waals surface area (Å²) in [5.74, 6) is 0. The Bertz CT molecular complexity index is 519. The van der Waals surface area contributed by atoms with Gasteiger partial charge in [-0.15, -0.1) is 0 Å². The highest BCUT2D eigenvalue weighted by Gasteiger charge is 2.13. The number of nitro groups is 1. The summed E-state index contributed by atoms with van der Waals surface area (Å²) in [5.41, 5.74) is 3.60. The zero-order valence-electron chi connectivity index (χ0n) is 9.73. The van der Waals surface area contributed by atoms with Crippen LogP contribution < -0.4 is 10.7 Å². The number of hydrogen-bond acceptors (Lipinski definition) is 4. The molecule has 0 spiro atoms. The van der Waals surface area contributed by atoms with Crippen molar-refractivity contribution in [1.82, 2.24) is 10.7 Å². The molecule has 1 aromatic carbocycles. The number of nitrogens with zero attached hydrogens (tertiary/aromatic N) is 2. The first-order valence-corrected chi connectivity index (χ1v) is 5.70. The lowest BCUT2D eigenvalue weighted by atomic mass is 10.1. The third-order valence-corrected chi connectivity index (χ3v) is 2.73. The average Bonchev–Trinajstić information content (AvgIpc) is 2.35. The van der Waals surface area contributed by atoms with Gasteiger partial charge in [0, 0.05) is 18.7 Å². The molecule has 0 heterocycles. The van der Waals surface area contributed by atoms with Crippen molar-refractivity contribution in [2.75, 3.05) is 7.05 Å². The number of halogens is 1. The van der Waals surface area contributed by atoms with Crippen LogP contribution in [-0.2, 0) is 0 Å². The third kappa shape index (κ3) is 3.64. The van der Waals surface area contributed by atoms with Crippen molar-refractivity contribution in [2.24, 2.45) is 5.10 Å². The van der Waals surface area contributed by atoms with Crippen LogP contribution in [0.25, 0.3) is 0 Å². The van der Waals surface area contributed by atoms with E-state index in [-0.39, 0.29) is 10.7 Å². The molecule has 1 rings (SSSR count). The van der Waals surface area contributed by atoms with Gasteiger partial charge in [-0.2, -0.15) is 5.10 Å². The summed E-state index contributed by atoms with van der Waals surface area (Å²) in [6.07, 6.45) is 0. The van der Waals surface area contributed by atoms with Crippen LogP contribution in [0.2, 0.25) is 5.02 Å². The molecular weight excluding hydrogens is 276 g/mol. The lowest BCUT2D eigenvalue weighted by Crippen LogP contribution is -2.29. The number of nitrogens with one attached hydrogen (secondary N) is 2. The van der Waals surface area contributed by atoms with Crippen molar-refractivity contribution >= 4 is 40.3 Å². The quantitative estimate of drug-likeness (QED) is 0.385. The largest absolute Gasteiger partial charge is 0.364 e. The van der Waals surface area contributed by atoms with Crippen LogP contribution in [0.15, 0.2) is 23.3 Å². The minimum Gasteiger partial charge on any atom is -0.364 e. The van der Waals surface area contributed by atoms with Gasteiger partial charge in [0.2, 0.25) is 0 Å². The molecule has 0 aliphatic carbocycles. The van der Waals surface area contributed by atoms with Gasteiger partial charge < -0.3 is 5.32 Å². The van der Waals surface area contributed by atoms with E-state index >= 15 is 0 Å². The molecular formula is C10H11ClN4O2S. The third-order valence-electron chi connectivity index (χ3n) is 2.11. The molecule has 0 saturated carbocycles. The van der Waals surface area contributed by atoms with Crippen LogP contribution in [0.1, 0.15) is 12.5 Å². The van der Waals surface area contributed by atoms with Gasteiger partial charge >= 0.3 is 0 Å². The van der Waals surface area contributed by atoms with E-state index in [0.29, 0.717) is 16.4 Å². The van der Waals surface area contributed by atoms with Gasteiger partial charge in [-0.1, -0.05) is 17.7 Å². The summed E-state index contributed by atoms with van der Waals surface area (Å²) in [7, 11) is 1.66. The molecule has 18 heavy (non-hydrogen) atoms. The standard InChI is InChI=1S/C10H11ClN4O2S/c1-6(13-14-10(18)12-2)7-3-4-8(11)9(5-7)15(16)17/h3-5H,1-2H3,(H2,12,14,18)/b13-6+. The topological polar surface area (TPSA) is 79.6 Å². The van der Waals surface area contributed by atoms with Crippen LogP contribution in [0.3, 0.4) is 0 Å². The maximum Gasteiger partial charge on any atom is 0.288 e. The predicted octanol–water partition coefficient (Wildman–Crippen LogP) is 2.07. The number of hydrogen-bond donors (Lipinski definition) is 2. The van der Waals surface area contributed by atoms with Gasteiger partial charge in [0.25, 0.3) is 5.69 Å². The molecule has 0 radical (unpaired) electrons. The summed E-state index contributed by atoms with van der Waals surface area (Å²) in [6, 6.07) is 4.48. The highest BCUT2D eigenvalue weighted by atomic mass is 35.5. The molecule has 8 heteroatoms. The average molecular weight is 287 g/mol. The lowest BCUT2D eigenvalue weighted by molar-refractivity contribution is -0.384. The highest BCUT2D eigenvalue weighted by Crippen LogP contribution is 2.25. The van der Waals surface area contributed by atoms with Crippen LogP contribution in [-0.4, -0.2) is 22.8 Å². The molecule has 0 aromatic heterocycles. The highest BCUT2D eigenvalue weighted by molar-refractivity contribution is 7.80. The fourth-order valence-corrected chi connectivity index (χ4v) is 1.36. The maximum absolute atomic E-state index is 10.7. The van der Waals surface area contributed by atoms with Crippen LogP contribution in [0.4, 0.5) is 5.69 Å². The first-order chi connectivity index (χ1) is 8.45. The molecule has 0 fully saturated rings. The van der Waals surface area contributed by atoms with E-state index in [2.05, 4.69) is 15.8 Å². The van der Waals surface area contributed by atoms with Crippen molar-refractivity contribution in [2.45, 2.75) is 6.92 Å². The molecule has 96 valence electrons. The van der Waals surface area contributed by atoms with E-state index in [0.717, 1.165) is 0 Å². The summed E-state index contributed by atoms with van der Waals surface area (Å²) in [6.45, 7) is 1.71. The van der Waals surface area contributed by atoms with Crippen LogP contribution in [0, 0.1) is 10.1 Å². The van der Waals surface area contributed by atoms with Gasteiger partial charge in [-0.25, -0.2) is 0 Å². The number of benzene rings is 1. The summed E-state index contributed by atoms with van der Waals surface area (Å²) >= 11 is 10.6. The fourth-order valence-electron chi connectivity index (χ4n) is 1.13. The number of rotatable bonds is 3. The normalized spacial score (nSPS) is 10.9. The van der Waals surface area contributed by atoms with Crippen molar-refractivity contribution < 1.29 is 4.92 Å². The molecule has 0 amide bonds. The Hall–Kier alpha value is -1.73. The summed E-state index contributed by atoms with van der Waals surface area (Å²) < 4.78 is 0. The zero-order chi connectivity index (χ0) is 13.7. The minimum absolute atomic E-state index is 0.0928. The van der Waals surface area contributed by atoms with E-state index in [1.165, 1.54) is 12.1 Å². The molecule has 0 aliphatic heterocycles. The van der Waals surface area contributed by atoms with Crippen molar-refractivity contribution in [3.8, 4) is 0 Å². The van der Waals surface area contributed by atoms with Gasteiger partial charge in [0.1, 0.15) is 5.02 Å². The molecule has 0 unspecified atom stereocenters. The molecule has 1 aromatic rings. The summed E-state index contributed by atoms with van der Waals surface area (Å²) in [5, 5.41) is 17.9. The molecule has 0 aliphatic rings. The van der Waals surface area contributed by atoms with Crippen LogP contribution >= 0.6 is 23.8 Å². The Morgan fingerprint density at radius 2 is 2.22 bits per heavy atom. The molecule has 0 atom stereocenters. The van der Waals surface area contributed by atoms with Crippen molar-refractivity contribution in [1.29, 1.82) is 0 Å². The smallest absolute Gasteiger partial charge is 0.288 e. The van der Waals surface area contributed by atoms with E-state index in [1.807, 2.05) is 0 Å². The second-order valence-corrected chi connectivity index (χ2v) is 4.13. The van der Waals surface area contributed by atoms with Gasteiger partial charge in [0.15, 0.2) is 5.11 Å². The Morgan fingerprint density at radius 3 is 2.78 bits per heavy atom. The summed E-state index contributed by atoms with van der Waals surface area (Å²) in [4.78, 5) is 10.2. The van der Waals surface area contributed by atoms with E-state index in [4.69, 9.17) is 23.8 Å². The number of nitro benzene ring substituents is 1. The number of thiocarbonyl (C=S) groups is 1. The van der Waals surface area contributed by atoms with Gasteiger partial charge in [-0.05, 0) is 25.2 Å². The molecule has 6 nitrogen and oxygen atoms in total. The monoisotopic (exact) mass is 286 g/mol. The first kappa shape index (κ1) is 14.3. The van der Waals surface area contributed by atoms with Crippen LogP contribution in [0.5, 0.6) is 0 Å². The lowest BCUT2D eigenvalue weighted by Gasteiger charge is -2.04. The second-order valence-electron chi connectivity index (χ2n) is 3.31. The minimum atomic E-state index is -0.537. The molecule has 0 bridgehead atoms. The first-order valence-electron chi connectivity index (χ1n) is 4.92. The Kier molecular flexibility index (Phi) is 4.99. The molecule has 0 saturated heterocycles. The zero-order valence-corrected chi connectivity index (χ0v) is 11.3. The van der Waals surface area contributed by atoms with Gasteiger partial charge in [-0.3, -0.25) is 15.5 Å². The predicted molar refractivity (Wildman–Crippen MR) is 75.1 cm³/mol. The van der Waals surface area contributed by atoms with E-state index in [1.54, 1.807) is 20.0 Å². The maximum atomic E-state index is 10.7. The van der Waals surface area contributed by atoms with Crippen molar-refractivity contribution in [3.05, 3.63) is 38.9 Å². The second kappa shape index (κ2) is 6.27. The molecule has 2 N–H and O–H groups in total. The SMILES string of the molecule is CNC(=S)N/N=C(\C)c1ccc(Cl)c([N+](=O)[O-])c1. The van der Waals surface area contributed by atoms with Crippen molar-refractivity contribution in [3.63, 3.8) is 0 Å². The van der Waals surface area contributed by atoms with Gasteiger partial charge in [0.05, 0.1) is 10.6 Å². The Morgan fingerprint density at radius 1 is 1.56 bits per heavy atom. The number of hydrazone groups is 1. The van der Waals surface area contributed by atoms with E-state index in [9.17, 15) is 10.1 Å². The van der Waals surface area contributed by atoms with E-state index < -0.39 is 4.92 Å². The Balaban J connectivity index is 2.99. The fraction of sp³-hybridized carbons (Fsp3) is 0.200. The Labute approximate surface area is 114 Å².